The molecule has 0 aliphatic rings. The van der Waals surface area contributed by atoms with Crippen molar-refractivity contribution in [2.75, 3.05) is 6.54 Å². The predicted octanol–water partition coefficient (Wildman–Crippen LogP) is 2.04. The molecule has 1 aromatic rings. The van der Waals surface area contributed by atoms with Gasteiger partial charge in [0, 0.05) is 6.54 Å². The molecule has 2 heteroatoms. The van der Waals surface area contributed by atoms with Crippen LogP contribution in [0, 0.1) is 0 Å². The maximum absolute atomic E-state index is 12.6. The molecule has 0 aliphatic carbocycles. The summed E-state index contributed by atoms with van der Waals surface area (Å²) in [7, 11) is 0. The van der Waals surface area contributed by atoms with Gasteiger partial charge < -0.3 is 5.73 Å². The van der Waals surface area contributed by atoms with Gasteiger partial charge in [-0.2, -0.15) is 0 Å². The lowest BCUT2D eigenvalue weighted by atomic mass is 10.1. The van der Waals surface area contributed by atoms with E-state index < -0.39 is 0 Å². The van der Waals surface area contributed by atoms with Crippen molar-refractivity contribution in [1.29, 1.82) is 0 Å². The average molecular weight is 165 g/mol. The summed E-state index contributed by atoms with van der Waals surface area (Å²) in [5, 5.41) is 0. The third-order valence-electron chi connectivity index (χ3n) is 1.60. The van der Waals surface area contributed by atoms with Gasteiger partial charge in [0.25, 0.3) is 0 Å². The van der Waals surface area contributed by atoms with E-state index in [1.54, 1.807) is 0 Å². The summed E-state index contributed by atoms with van der Waals surface area (Å²) < 4.78 is 12.6. The molecule has 0 bridgehead atoms. The van der Waals surface area contributed by atoms with E-state index in [1.165, 1.54) is 6.08 Å². The smallest absolute Gasteiger partial charge is 0.110 e. The zero-order valence-electron chi connectivity index (χ0n) is 6.83. The summed E-state index contributed by atoms with van der Waals surface area (Å²) in [5.41, 5.74) is 6.19. The fourth-order valence-corrected chi connectivity index (χ4v) is 0.926. The Kier molecular flexibility index (Phi) is 3.48. The maximum atomic E-state index is 12.6. The van der Waals surface area contributed by atoms with Crippen LogP contribution in [-0.2, 0) is 6.42 Å². The molecule has 0 unspecified atom stereocenters. The summed E-state index contributed by atoms with van der Waals surface area (Å²) in [4.78, 5) is 0. The molecular weight excluding hydrogens is 153 g/mol. The highest BCUT2D eigenvalue weighted by Gasteiger charge is 1.90. The van der Waals surface area contributed by atoms with Gasteiger partial charge in [0.05, 0.1) is 0 Å². The minimum atomic E-state index is -0.251. The topological polar surface area (TPSA) is 26.0 Å². The van der Waals surface area contributed by atoms with Crippen LogP contribution >= 0.6 is 0 Å². The lowest BCUT2D eigenvalue weighted by molar-refractivity contribution is 0.614. The minimum Gasteiger partial charge on any atom is -0.325 e. The Labute approximate surface area is 71.7 Å². The van der Waals surface area contributed by atoms with Crippen LogP contribution in [0.4, 0.5) is 4.39 Å². The molecule has 0 radical (unpaired) electrons. The predicted molar refractivity (Wildman–Crippen MR) is 48.4 cm³/mol. The first kappa shape index (κ1) is 8.94. The van der Waals surface area contributed by atoms with Crippen molar-refractivity contribution < 1.29 is 4.39 Å². The number of benzene rings is 1. The lowest BCUT2D eigenvalue weighted by Crippen LogP contribution is -1.98. The zero-order chi connectivity index (χ0) is 8.81. The van der Waals surface area contributed by atoms with Gasteiger partial charge in [-0.1, -0.05) is 30.3 Å². The summed E-state index contributed by atoms with van der Waals surface area (Å²) in [6, 6.07) is 9.72. The number of rotatable bonds is 3. The van der Waals surface area contributed by atoms with E-state index in [0.717, 1.165) is 5.56 Å². The summed E-state index contributed by atoms with van der Waals surface area (Å²) in [6.07, 6.45) is 2.12. The van der Waals surface area contributed by atoms with Gasteiger partial charge in [-0.05, 0) is 18.1 Å². The number of hydrogen-bond acceptors (Lipinski definition) is 1. The van der Waals surface area contributed by atoms with Crippen LogP contribution in [0.1, 0.15) is 5.56 Å². The van der Waals surface area contributed by atoms with Crippen LogP contribution in [0.2, 0.25) is 0 Å². The summed E-state index contributed by atoms with van der Waals surface area (Å²) in [6.45, 7) is -0.00711. The second kappa shape index (κ2) is 4.67. The highest BCUT2D eigenvalue weighted by atomic mass is 19.1. The Morgan fingerprint density at radius 1 is 1.33 bits per heavy atom. The molecule has 0 fully saturated rings. The molecule has 0 saturated heterocycles. The number of nitrogens with two attached hydrogens (primary N) is 1. The molecular formula is C10H12FN. The van der Waals surface area contributed by atoms with E-state index >= 15 is 0 Å². The highest BCUT2D eigenvalue weighted by Crippen LogP contribution is 2.02. The largest absolute Gasteiger partial charge is 0.325 e. The number of halogens is 1. The monoisotopic (exact) mass is 165 g/mol. The maximum Gasteiger partial charge on any atom is 0.110 e. The molecule has 1 nitrogen and oxygen atoms in total. The molecule has 1 aromatic carbocycles. The molecule has 0 spiro atoms. The van der Waals surface area contributed by atoms with Crippen LogP contribution in [0.5, 0.6) is 0 Å². The van der Waals surface area contributed by atoms with Crippen LogP contribution in [0.25, 0.3) is 0 Å². The molecule has 1 rings (SSSR count). The Hall–Kier alpha value is -1.15. The fourth-order valence-electron chi connectivity index (χ4n) is 0.926. The quantitative estimate of drug-likeness (QED) is 0.728. The van der Waals surface area contributed by atoms with E-state index in [0.29, 0.717) is 6.42 Å². The van der Waals surface area contributed by atoms with Crippen LogP contribution in [0.15, 0.2) is 42.2 Å². The van der Waals surface area contributed by atoms with E-state index in [4.69, 9.17) is 5.73 Å². The molecule has 0 saturated carbocycles. The lowest BCUT2D eigenvalue weighted by Gasteiger charge is -1.94. The van der Waals surface area contributed by atoms with E-state index in [2.05, 4.69) is 0 Å². The van der Waals surface area contributed by atoms with Gasteiger partial charge in [0.15, 0.2) is 0 Å². The van der Waals surface area contributed by atoms with Gasteiger partial charge in [-0.3, -0.25) is 0 Å². The first-order valence-electron chi connectivity index (χ1n) is 3.91. The van der Waals surface area contributed by atoms with Crippen molar-refractivity contribution in [2.45, 2.75) is 6.42 Å². The number of allylic oxidation sites excluding steroid dienone is 1. The fraction of sp³-hybridized carbons (Fsp3) is 0.200. The second-order valence-electron chi connectivity index (χ2n) is 2.54. The molecule has 0 aliphatic heterocycles. The number of hydrogen-bond donors (Lipinski definition) is 1. The molecule has 0 amide bonds. The van der Waals surface area contributed by atoms with Gasteiger partial charge in [-0.25, -0.2) is 4.39 Å². The van der Waals surface area contributed by atoms with Crippen molar-refractivity contribution in [3.05, 3.63) is 47.8 Å². The molecule has 0 heterocycles. The van der Waals surface area contributed by atoms with Gasteiger partial charge in [0.1, 0.15) is 5.83 Å². The van der Waals surface area contributed by atoms with E-state index in [1.807, 2.05) is 30.3 Å². The molecule has 2 N–H and O–H groups in total. The molecule has 0 atom stereocenters. The molecule has 0 aromatic heterocycles. The van der Waals surface area contributed by atoms with Crippen molar-refractivity contribution in [3.8, 4) is 0 Å². The first-order valence-corrected chi connectivity index (χ1v) is 3.91. The van der Waals surface area contributed by atoms with E-state index in [9.17, 15) is 4.39 Å². The van der Waals surface area contributed by atoms with Crippen molar-refractivity contribution in [1.82, 2.24) is 0 Å². The zero-order valence-corrected chi connectivity index (χ0v) is 6.83. The Morgan fingerprint density at radius 3 is 2.58 bits per heavy atom. The third kappa shape index (κ3) is 2.84. The van der Waals surface area contributed by atoms with Crippen molar-refractivity contribution in [2.24, 2.45) is 5.73 Å². The molecule has 12 heavy (non-hydrogen) atoms. The second-order valence-corrected chi connectivity index (χ2v) is 2.54. The standard InChI is InChI=1S/C10H12FN/c11-10(8-12)7-6-9-4-2-1-3-5-9/h1-5,7H,6,8,12H2/b10-7+. The van der Waals surface area contributed by atoms with Crippen LogP contribution in [0.3, 0.4) is 0 Å². The van der Waals surface area contributed by atoms with Gasteiger partial charge in [-0.15, -0.1) is 0 Å². The van der Waals surface area contributed by atoms with Gasteiger partial charge in [0.2, 0.25) is 0 Å². The minimum absolute atomic E-state index is 0.00711. The van der Waals surface area contributed by atoms with Crippen LogP contribution in [-0.4, -0.2) is 6.54 Å². The highest BCUT2D eigenvalue weighted by molar-refractivity contribution is 5.18. The first-order chi connectivity index (χ1) is 5.83. The Balaban J connectivity index is 2.54. The summed E-state index contributed by atoms with van der Waals surface area (Å²) >= 11 is 0. The Morgan fingerprint density at radius 2 is 2.00 bits per heavy atom. The van der Waals surface area contributed by atoms with Crippen LogP contribution < -0.4 is 5.73 Å². The van der Waals surface area contributed by atoms with Gasteiger partial charge >= 0.3 is 0 Å². The van der Waals surface area contributed by atoms with Crippen molar-refractivity contribution in [3.63, 3.8) is 0 Å². The SMILES string of the molecule is NC/C(F)=C\Cc1ccccc1. The average Bonchev–Trinajstić information content (AvgIpc) is 2.16. The third-order valence-corrected chi connectivity index (χ3v) is 1.60. The summed E-state index contributed by atoms with van der Waals surface area (Å²) in [5.74, 6) is -0.251. The van der Waals surface area contributed by atoms with Crippen molar-refractivity contribution >= 4 is 0 Å². The molecule has 64 valence electrons. The normalized spacial score (nSPS) is 11.7. The Bertz CT molecular complexity index is 254. The van der Waals surface area contributed by atoms with E-state index in [-0.39, 0.29) is 12.4 Å².